The Kier molecular flexibility index (Phi) is 8.18. The van der Waals surface area contributed by atoms with E-state index in [4.69, 9.17) is 4.42 Å². The highest BCUT2D eigenvalue weighted by Crippen LogP contribution is 2.17. The fourth-order valence-corrected chi connectivity index (χ4v) is 3.34. The molecule has 3 amide bonds. The van der Waals surface area contributed by atoms with Crippen LogP contribution in [0, 0.1) is 17.6 Å². The van der Waals surface area contributed by atoms with Crippen LogP contribution < -0.4 is 5.32 Å². The van der Waals surface area contributed by atoms with E-state index in [9.17, 15) is 18.4 Å². The quantitative estimate of drug-likeness (QED) is 0.478. The van der Waals surface area contributed by atoms with E-state index in [1.807, 2.05) is 44.2 Å². The maximum Gasteiger partial charge on any atom is 0.322 e. The molecule has 3 rings (SSSR count). The minimum Gasteiger partial charge on any atom is -0.467 e. The maximum absolute atomic E-state index is 14.0. The van der Waals surface area contributed by atoms with Gasteiger partial charge in [-0.25, -0.2) is 13.6 Å². The number of rotatable bonds is 9. The molecule has 33 heavy (non-hydrogen) atoms. The lowest BCUT2D eigenvalue weighted by Crippen LogP contribution is -2.45. The average molecular weight is 456 g/mol. The number of halogens is 2. The summed E-state index contributed by atoms with van der Waals surface area (Å²) in [5.41, 5.74) is 0.782. The van der Waals surface area contributed by atoms with E-state index in [-0.39, 0.29) is 37.1 Å². The van der Waals surface area contributed by atoms with Gasteiger partial charge in [0, 0.05) is 19.2 Å². The van der Waals surface area contributed by atoms with Crippen molar-refractivity contribution in [2.45, 2.75) is 26.9 Å². The number of furan rings is 1. The molecule has 0 aliphatic carbocycles. The lowest BCUT2D eigenvalue weighted by Gasteiger charge is -2.28. The second-order valence-electron chi connectivity index (χ2n) is 8.14. The predicted octanol–water partition coefficient (Wildman–Crippen LogP) is 5.28. The van der Waals surface area contributed by atoms with Crippen molar-refractivity contribution in [3.8, 4) is 0 Å². The first-order valence-corrected chi connectivity index (χ1v) is 10.7. The van der Waals surface area contributed by atoms with Crippen molar-refractivity contribution in [1.82, 2.24) is 9.80 Å². The summed E-state index contributed by atoms with van der Waals surface area (Å²) in [6.07, 6.45) is 1.54. The maximum atomic E-state index is 14.0. The van der Waals surface area contributed by atoms with Crippen LogP contribution in [0.1, 0.15) is 25.2 Å². The van der Waals surface area contributed by atoms with Gasteiger partial charge in [0.1, 0.15) is 23.9 Å². The van der Waals surface area contributed by atoms with Gasteiger partial charge < -0.3 is 19.5 Å². The van der Waals surface area contributed by atoms with Gasteiger partial charge in [-0.05, 0) is 35.7 Å². The molecule has 0 atom stereocenters. The fourth-order valence-electron chi connectivity index (χ4n) is 3.34. The largest absolute Gasteiger partial charge is 0.467 e. The number of carbonyl (C=O) groups is 2. The number of nitrogens with zero attached hydrogens (tertiary/aromatic N) is 2. The first kappa shape index (κ1) is 24.0. The van der Waals surface area contributed by atoms with E-state index < -0.39 is 17.7 Å². The summed E-state index contributed by atoms with van der Waals surface area (Å²) in [5.74, 6) is -1.23. The molecule has 0 unspecified atom stereocenters. The zero-order chi connectivity index (χ0) is 23.8. The Labute approximate surface area is 191 Å². The monoisotopic (exact) mass is 455 g/mol. The highest BCUT2D eigenvalue weighted by atomic mass is 19.1. The molecular formula is C25H27F2N3O3. The van der Waals surface area contributed by atoms with Gasteiger partial charge in [0.25, 0.3) is 0 Å². The summed E-state index contributed by atoms with van der Waals surface area (Å²) in [6.45, 7) is 4.47. The molecule has 0 fully saturated rings. The van der Waals surface area contributed by atoms with E-state index in [0.717, 1.165) is 17.7 Å². The molecule has 1 heterocycles. The highest BCUT2D eigenvalue weighted by molar-refractivity contribution is 5.92. The molecule has 1 aromatic heterocycles. The molecule has 0 spiro atoms. The molecule has 0 bridgehead atoms. The summed E-state index contributed by atoms with van der Waals surface area (Å²) in [5, 5.41) is 2.44. The van der Waals surface area contributed by atoms with Gasteiger partial charge in [-0.15, -0.1) is 0 Å². The summed E-state index contributed by atoms with van der Waals surface area (Å²) in [4.78, 5) is 29.1. The summed E-state index contributed by atoms with van der Waals surface area (Å²) in [6, 6.07) is 15.3. The van der Waals surface area contributed by atoms with Crippen LogP contribution in [0.15, 0.2) is 71.3 Å². The Morgan fingerprint density at radius 3 is 2.36 bits per heavy atom. The summed E-state index contributed by atoms with van der Waals surface area (Å²) in [7, 11) is 0. The number of hydrogen-bond donors (Lipinski definition) is 1. The molecule has 8 heteroatoms. The molecule has 0 aliphatic rings. The van der Waals surface area contributed by atoms with Gasteiger partial charge in [0.15, 0.2) is 0 Å². The SMILES string of the molecule is CC(C)CN(CC(=O)N(Cc1ccccc1)Cc1ccco1)C(=O)Nc1ccc(F)cc1F. The molecule has 174 valence electrons. The zero-order valence-corrected chi connectivity index (χ0v) is 18.6. The first-order valence-electron chi connectivity index (χ1n) is 10.7. The highest BCUT2D eigenvalue weighted by Gasteiger charge is 2.24. The zero-order valence-electron chi connectivity index (χ0n) is 18.6. The molecule has 2 aromatic carbocycles. The second kappa shape index (κ2) is 11.3. The van der Waals surface area contributed by atoms with Gasteiger partial charge >= 0.3 is 6.03 Å². The number of nitrogens with one attached hydrogen (secondary N) is 1. The van der Waals surface area contributed by atoms with E-state index in [2.05, 4.69) is 5.32 Å². The van der Waals surface area contributed by atoms with Gasteiger partial charge in [0.2, 0.25) is 5.91 Å². The molecule has 0 aliphatic heterocycles. The number of anilines is 1. The Hall–Kier alpha value is -3.68. The number of carbonyl (C=O) groups excluding carboxylic acids is 2. The number of hydrogen-bond acceptors (Lipinski definition) is 3. The van der Waals surface area contributed by atoms with Crippen molar-refractivity contribution in [2.24, 2.45) is 5.92 Å². The lowest BCUT2D eigenvalue weighted by molar-refractivity contribution is -0.133. The first-order chi connectivity index (χ1) is 15.8. The van der Waals surface area contributed by atoms with E-state index in [0.29, 0.717) is 18.4 Å². The standard InChI is InChI=1S/C25H27F2N3O3/c1-18(2)14-30(25(32)28-23-11-10-20(26)13-22(23)27)17-24(31)29(16-21-9-6-12-33-21)15-19-7-4-3-5-8-19/h3-13,18H,14-17H2,1-2H3,(H,28,32). The molecule has 0 saturated carbocycles. The number of urea groups is 1. The van der Waals surface area contributed by atoms with E-state index in [1.165, 1.54) is 11.2 Å². The fraction of sp³-hybridized carbons (Fsp3) is 0.280. The summed E-state index contributed by atoms with van der Waals surface area (Å²) >= 11 is 0. The Morgan fingerprint density at radius 1 is 0.970 bits per heavy atom. The molecule has 0 radical (unpaired) electrons. The van der Waals surface area contributed by atoms with Crippen LogP contribution in [0.4, 0.5) is 19.3 Å². The Bertz CT molecular complexity index is 1060. The molecule has 6 nitrogen and oxygen atoms in total. The van der Waals surface area contributed by atoms with Gasteiger partial charge in [-0.1, -0.05) is 44.2 Å². The van der Waals surface area contributed by atoms with Crippen LogP contribution >= 0.6 is 0 Å². The smallest absolute Gasteiger partial charge is 0.322 e. The number of amides is 3. The Morgan fingerprint density at radius 2 is 1.73 bits per heavy atom. The third-order valence-electron chi connectivity index (χ3n) is 4.87. The van der Waals surface area contributed by atoms with Gasteiger partial charge in [-0.3, -0.25) is 4.79 Å². The van der Waals surface area contributed by atoms with Crippen molar-refractivity contribution in [1.29, 1.82) is 0 Å². The van der Waals surface area contributed by atoms with Crippen molar-refractivity contribution < 1.29 is 22.8 Å². The van der Waals surface area contributed by atoms with Crippen molar-refractivity contribution in [2.75, 3.05) is 18.4 Å². The van der Waals surface area contributed by atoms with Crippen molar-refractivity contribution in [3.05, 3.63) is 89.9 Å². The molecular weight excluding hydrogens is 428 g/mol. The van der Waals surface area contributed by atoms with E-state index in [1.54, 1.807) is 17.0 Å². The van der Waals surface area contributed by atoms with Crippen LogP contribution in [0.3, 0.4) is 0 Å². The number of benzene rings is 2. The van der Waals surface area contributed by atoms with Crippen LogP contribution in [0.2, 0.25) is 0 Å². The minimum absolute atomic E-state index is 0.0641. The third-order valence-corrected chi connectivity index (χ3v) is 4.87. The van der Waals surface area contributed by atoms with Crippen LogP contribution in [0.25, 0.3) is 0 Å². The predicted molar refractivity (Wildman–Crippen MR) is 121 cm³/mol. The van der Waals surface area contributed by atoms with Crippen molar-refractivity contribution >= 4 is 17.6 Å². The topological polar surface area (TPSA) is 65.8 Å². The third kappa shape index (κ3) is 7.17. The Balaban J connectivity index is 1.76. The van der Waals surface area contributed by atoms with Gasteiger partial charge in [-0.2, -0.15) is 0 Å². The summed E-state index contributed by atoms with van der Waals surface area (Å²) < 4.78 is 32.6. The lowest BCUT2D eigenvalue weighted by atomic mass is 10.2. The molecule has 0 saturated heterocycles. The second-order valence-corrected chi connectivity index (χ2v) is 8.14. The molecule has 3 aromatic rings. The van der Waals surface area contributed by atoms with Crippen molar-refractivity contribution in [3.63, 3.8) is 0 Å². The van der Waals surface area contributed by atoms with E-state index >= 15 is 0 Å². The minimum atomic E-state index is -0.886. The van der Waals surface area contributed by atoms with Crippen LogP contribution in [0.5, 0.6) is 0 Å². The average Bonchev–Trinajstić information content (AvgIpc) is 3.28. The van der Waals surface area contributed by atoms with Crippen LogP contribution in [-0.2, 0) is 17.9 Å². The van der Waals surface area contributed by atoms with Gasteiger partial charge in [0.05, 0.1) is 18.5 Å². The molecule has 1 N–H and O–H groups in total. The van der Waals surface area contributed by atoms with Crippen LogP contribution in [-0.4, -0.2) is 34.8 Å². The normalized spacial score (nSPS) is 10.8.